The number of imidazole rings is 2. The third-order valence-electron chi connectivity index (χ3n) is 3.77. The molecule has 0 bridgehead atoms. The monoisotopic (exact) mass is 256 g/mol. The summed E-state index contributed by atoms with van der Waals surface area (Å²) in [4.78, 5) is 4.70. The maximum absolute atomic E-state index is 5.65. The van der Waals surface area contributed by atoms with Gasteiger partial charge >= 0.3 is 0 Å². The van der Waals surface area contributed by atoms with Crippen LogP contribution >= 0.6 is 0 Å². The fraction of sp³-hybridized carbons (Fsp3) is 0.400. The van der Waals surface area contributed by atoms with Gasteiger partial charge in [-0.05, 0) is 30.2 Å². The minimum Gasteiger partial charge on any atom is -0.330 e. The van der Waals surface area contributed by atoms with Gasteiger partial charge in [0.25, 0.3) is 0 Å². The molecule has 2 N–H and O–H groups in total. The molecule has 0 spiro atoms. The van der Waals surface area contributed by atoms with Crippen LogP contribution in [0.25, 0.3) is 16.8 Å². The van der Waals surface area contributed by atoms with Gasteiger partial charge in [0.05, 0.1) is 11.0 Å². The second-order valence-corrected chi connectivity index (χ2v) is 5.40. The standard InChI is InChI=1S/C15H20N4/c1-10(2)11-4-5-13-14(8-11)19-9-12(6-7-16)18(3)15(19)17-13/h4-5,8-10H,6-7,16H2,1-3H3. The summed E-state index contributed by atoms with van der Waals surface area (Å²) in [7, 11) is 2.05. The van der Waals surface area contributed by atoms with Crippen LogP contribution < -0.4 is 5.73 Å². The molecule has 0 radical (unpaired) electrons. The van der Waals surface area contributed by atoms with E-state index in [0.29, 0.717) is 12.5 Å². The maximum Gasteiger partial charge on any atom is 0.214 e. The number of hydrogen-bond donors (Lipinski definition) is 1. The lowest BCUT2D eigenvalue weighted by atomic mass is 10.0. The van der Waals surface area contributed by atoms with Crippen LogP contribution in [-0.4, -0.2) is 20.5 Å². The van der Waals surface area contributed by atoms with Crippen molar-refractivity contribution in [1.29, 1.82) is 0 Å². The number of nitrogens with two attached hydrogens (primary N) is 1. The van der Waals surface area contributed by atoms with Gasteiger partial charge in [-0.25, -0.2) is 4.98 Å². The molecule has 0 aliphatic heterocycles. The molecule has 0 fully saturated rings. The average molecular weight is 256 g/mol. The molecule has 3 aromatic rings. The van der Waals surface area contributed by atoms with Crippen molar-refractivity contribution in [1.82, 2.24) is 14.0 Å². The predicted octanol–water partition coefficient (Wildman–Crippen LogP) is 2.45. The van der Waals surface area contributed by atoms with Gasteiger partial charge in [0, 0.05) is 25.4 Å². The summed E-state index contributed by atoms with van der Waals surface area (Å²) in [5.74, 6) is 1.52. The lowest BCUT2D eigenvalue weighted by Crippen LogP contribution is -2.06. The Morgan fingerprint density at radius 3 is 2.79 bits per heavy atom. The van der Waals surface area contributed by atoms with E-state index in [-0.39, 0.29) is 0 Å². The first-order chi connectivity index (χ1) is 9.11. The average Bonchev–Trinajstić information content (AvgIpc) is 2.88. The van der Waals surface area contributed by atoms with Gasteiger partial charge in [-0.15, -0.1) is 0 Å². The Kier molecular flexibility index (Phi) is 2.82. The second-order valence-electron chi connectivity index (χ2n) is 5.40. The van der Waals surface area contributed by atoms with E-state index in [9.17, 15) is 0 Å². The van der Waals surface area contributed by atoms with E-state index in [1.165, 1.54) is 16.8 Å². The van der Waals surface area contributed by atoms with Crippen molar-refractivity contribution in [3.63, 3.8) is 0 Å². The third kappa shape index (κ3) is 1.83. The summed E-state index contributed by atoms with van der Waals surface area (Å²) < 4.78 is 4.30. The number of nitrogens with zero attached hydrogens (tertiary/aromatic N) is 3. The molecule has 0 aliphatic rings. The SMILES string of the molecule is CC(C)c1ccc2nc3n(C)c(CCN)cn3c2c1. The highest BCUT2D eigenvalue weighted by molar-refractivity contribution is 5.80. The van der Waals surface area contributed by atoms with E-state index >= 15 is 0 Å². The highest BCUT2D eigenvalue weighted by Crippen LogP contribution is 2.23. The van der Waals surface area contributed by atoms with Gasteiger partial charge in [-0.1, -0.05) is 19.9 Å². The highest BCUT2D eigenvalue weighted by atomic mass is 15.2. The first-order valence-corrected chi connectivity index (χ1v) is 6.78. The zero-order chi connectivity index (χ0) is 13.6. The summed E-state index contributed by atoms with van der Waals surface area (Å²) in [6.45, 7) is 5.09. The Hall–Kier alpha value is -1.81. The fourth-order valence-electron chi connectivity index (χ4n) is 2.56. The molecule has 0 saturated carbocycles. The molecule has 0 atom stereocenters. The topological polar surface area (TPSA) is 48.2 Å². The van der Waals surface area contributed by atoms with Crippen LogP contribution in [0.5, 0.6) is 0 Å². The molecular formula is C15H20N4. The minimum absolute atomic E-state index is 0.530. The van der Waals surface area contributed by atoms with E-state index in [2.05, 4.69) is 54.3 Å². The highest BCUT2D eigenvalue weighted by Gasteiger charge is 2.12. The van der Waals surface area contributed by atoms with Crippen molar-refractivity contribution in [2.75, 3.05) is 6.54 Å². The van der Waals surface area contributed by atoms with E-state index in [0.717, 1.165) is 17.7 Å². The smallest absolute Gasteiger partial charge is 0.214 e. The lowest BCUT2D eigenvalue weighted by molar-refractivity contribution is 0.820. The summed E-state index contributed by atoms with van der Waals surface area (Å²) in [5.41, 5.74) is 10.5. The van der Waals surface area contributed by atoms with Gasteiger partial charge in [0.1, 0.15) is 0 Å². The number of aryl methyl sites for hydroxylation is 1. The van der Waals surface area contributed by atoms with Crippen molar-refractivity contribution < 1.29 is 0 Å². The van der Waals surface area contributed by atoms with Gasteiger partial charge in [-0.2, -0.15) is 0 Å². The lowest BCUT2D eigenvalue weighted by Gasteiger charge is -2.04. The number of rotatable bonds is 3. The van der Waals surface area contributed by atoms with Gasteiger partial charge in [-0.3, -0.25) is 4.40 Å². The molecule has 4 heteroatoms. The molecule has 100 valence electrons. The van der Waals surface area contributed by atoms with Crippen LogP contribution in [0.4, 0.5) is 0 Å². The molecule has 19 heavy (non-hydrogen) atoms. The number of hydrogen-bond acceptors (Lipinski definition) is 2. The fourth-order valence-corrected chi connectivity index (χ4v) is 2.56. The van der Waals surface area contributed by atoms with Crippen LogP contribution in [0.2, 0.25) is 0 Å². The summed E-state index contributed by atoms with van der Waals surface area (Å²) >= 11 is 0. The quantitative estimate of drug-likeness (QED) is 0.782. The second kappa shape index (κ2) is 4.38. The molecule has 4 nitrogen and oxygen atoms in total. The number of fused-ring (bicyclic) bond motifs is 3. The Balaban J connectivity index is 2.27. The zero-order valence-corrected chi connectivity index (χ0v) is 11.7. The molecule has 2 aromatic heterocycles. The third-order valence-corrected chi connectivity index (χ3v) is 3.77. The zero-order valence-electron chi connectivity index (χ0n) is 11.7. The van der Waals surface area contributed by atoms with Crippen molar-refractivity contribution in [3.8, 4) is 0 Å². The van der Waals surface area contributed by atoms with E-state index < -0.39 is 0 Å². The van der Waals surface area contributed by atoms with Crippen LogP contribution in [0.15, 0.2) is 24.4 Å². The Labute approximate surface area is 112 Å². The Morgan fingerprint density at radius 1 is 1.32 bits per heavy atom. The van der Waals surface area contributed by atoms with E-state index in [1.54, 1.807) is 0 Å². The van der Waals surface area contributed by atoms with Crippen LogP contribution in [0, 0.1) is 0 Å². The molecule has 0 amide bonds. The molecule has 0 unspecified atom stereocenters. The molecule has 0 aliphatic carbocycles. The predicted molar refractivity (Wildman–Crippen MR) is 78.5 cm³/mol. The van der Waals surface area contributed by atoms with Crippen molar-refractivity contribution >= 4 is 16.8 Å². The van der Waals surface area contributed by atoms with Gasteiger partial charge < -0.3 is 10.3 Å². The number of benzene rings is 1. The van der Waals surface area contributed by atoms with Gasteiger partial charge in [0.2, 0.25) is 5.78 Å². The summed E-state index contributed by atoms with van der Waals surface area (Å²) in [5, 5.41) is 0. The van der Waals surface area contributed by atoms with E-state index in [1.807, 2.05) is 0 Å². The Bertz CT molecular complexity index is 733. The minimum atomic E-state index is 0.530. The molecule has 1 aromatic carbocycles. The maximum atomic E-state index is 5.65. The molecule has 2 heterocycles. The summed E-state index contributed by atoms with van der Waals surface area (Å²) in [6.07, 6.45) is 3.03. The first-order valence-electron chi connectivity index (χ1n) is 6.78. The van der Waals surface area contributed by atoms with Gasteiger partial charge in [0.15, 0.2) is 0 Å². The van der Waals surface area contributed by atoms with Crippen LogP contribution in [0.1, 0.15) is 31.0 Å². The van der Waals surface area contributed by atoms with E-state index in [4.69, 9.17) is 10.7 Å². The molecule has 0 saturated heterocycles. The molecular weight excluding hydrogens is 236 g/mol. The largest absolute Gasteiger partial charge is 0.330 e. The van der Waals surface area contributed by atoms with Crippen molar-refractivity contribution in [3.05, 3.63) is 35.7 Å². The molecule has 3 rings (SSSR count). The van der Waals surface area contributed by atoms with Crippen molar-refractivity contribution in [2.24, 2.45) is 12.8 Å². The Morgan fingerprint density at radius 2 is 2.11 bits per heavy atom. The van der Waals surface area contributed by atoms with Crippen molar-refractivity contribution in [2.45, 2.75) is 26.2 Å². The van der Waals surface area contributed by atoms with Crippen LogP contribution in [0.3, 0.4) is 0 Å². The first kappa shape index (κ1) is 12.2. The summed E-state index contributed by atoms with van der Waals surface area (Å²) in [6, 6.07) is 6.52. The normalized spacial score (nSPS) is 12.1. The number of aromatic nitrogens is 3. The van der Waals surface area contributed by atoms with Crippen LogP contribution in [-0.2, 0) is 13.5 Å².